The Morgan fingerprint density at radius 1 is 1.35 bits per heavy atom. The number of imidazole rings is 1. The molecule has 0 atom stereocenters. The standard InChI is InChI=1S/C14H19N3O3/c1-4-14(5-2,13(18)19)8-10-15-9-6-7-11(20-3)17-12(9)16-10/h6-7H,4-5,8H2,1-3H3,(H,18,19)(H,15,16,17). The number of rotatable bonds is 6. The van der Waals surface area contributed by atoms with Crippen LogP contribution in [0.15, 0.2) is 12.1 Å². The molecule has 0 aliphatic heterocycles. The van der Waals surface area contributed by atoms with E-state index < -0.39 is 11.4 Å². The Kier molecular flexibility index (Phi) is 3.92. The SMILES string of the molecule is CCC(CC)(Cc1nc2nc(OC)ccc2[nH]1)C(=O)O. The molecule has 6 heteroatoms. The molecule has 2 heterocycles. The van der Waals surface area contributed by atoms with Crippen molar-refractivity contribution in [3.8, 4) is 5.88 Å². The van der Waals surface area contributed by atoms with Gasteiger partial charge >= 0.3 is 5.97 Å². The normalized spacial score (nSPS) is 11.8. The smallest absolute Gasteiger partial charge is 0.310 e. The summed E-state index contributed by atoms with van der Waals surface area (Å²) < 4.78 is 5.05. The summed E-state index contributed by atoms with van der Waals surface area (Å²) in [6.07, 6.45) is 1.49. The Labute approximate surface area is 117 Å². The van der Waals surface area contributed by atoms with Gasteiger partial charge in [-0.1, -0.05) is 13.8 Å². The van der Waals surface area contributed by atoms with Crippen LogP contribution in [-0.2, 0) is 11.2 Å². The van der Waals surface area contributed by atoms with Crippen LogP contribution in [0.3, 0.4) is 0 Å². The van der Waals surface area contributed by atoms with Gasteiger partial charge in [-0.2, -0.15) is 4.98 Å². The molecule has 2 N–H and O–H groups in total. The minimum Gasteiger partial charge on any atom is -0.481 e. The zero-order valence-electron chi connectivity index (χ0n) is 11.9. The van der Waals surface area contributed by atoms with Crippen LogP contribution in [0.1, 0.15) is 32.5 Å². The number of aliphatic carboxylic acids is 1. The number of methoxy groups -OCH3 is 1. The van der Waals surface area contributed by atoms with Gasteiger partial charge < -0.3 is 14.8 Å². The highest BCUT2D eigenvalue weighted by Crippen LogP contribution is 2.31. The van der Waals surface area contributed by atoms with Crippen LogP contribution in [0.4, 0.5) is 0 Å². The third-order valence-electron chi connectivity index (χ3n) is 3.89. The highest BCUT2D eigenvalue weighted by Gasteiger charge is 2.36. The first-order chi connectivity index (χ1) is 9.54. The summed E-state index contributed by atoms with van der Waals surface area (Å²) in [6, 6.07) is 3.58. The van der Waals surface area contributed by atoms with Crippen LogP contribution in [0.2, 0.25) is 0 Å². The molecular formula is C14H19N3O3. The fourth-order valence-corrected chi connectivity index (χ4v) is 2.32. The lowest BCUT2D eigenvalue weighted by molar-refractivity contribution is -0.149. The second kappa shape index (κ2) is 5.48. The van der Waals surface area contributed by atoms with Crippen molar-refractivity contribution >= 4 is 17.1 Å². The van der Waals surface area contributed by atoms with Gasteiger partial charge in [-0.05, 0) is 18.9 Å². The van der Waals surface area contributed by atoms with Crippen molar-refractivity contribution in [3.05, 3.63) is 18.0 Å². The summed E-state index contributed by atoms with van der Waals surface area (Å²) in [5, 5.41) is 9.46. The molecular weight excluding hydrogens is 258 g/mol. The molecule has 0 amide bonds. The van der Waals surface area contributed by atoms with Gasteiger partial charge in [-0.25, -0.2) is 4.98 Å². The van der Waals surface area contributed by atoms with E-state index in [1.165, 1.54) is 0 Å². The number of carboxylic acids is 1. The number of nitrogens with one attached hydrogen (secondary N) is 1. The summed E-state index contributed by atoms with van der Waals surface area (Å²) in [5.41, 5.74) is 0.552. The highest BCUT2D eigenvalue weighted by atomic mass is 16.5. The van der Waals surface area contributed by atoms with Gasteiger partial charge in [0.15, 0.2) is 5.65 Å². The van der Waals surface area contributed by atoms with Crippen molar-refractivity contribution in [2.75, 3.05) is 7.11 Å². The van der Waals surface area contributed by atoms with Gasteiger partial charge in [0, 0.05) is 12.5 Å². The highest BCUT2D eigenvalue weighted by molar-refractivity contribution is 5.75. The van der Waals surface area contributed by atoms with Gasteiger partial charge in [0.25, 0.3) is 0 Å². The van der Waals surface area contributed by atoms with E-state index in [0.717, 1.165) is 5.52 Å². The zero-order chi connectivity index (χ0) is 14.8. The van der Waals surface area contributed by atoms with Crippen LogP contribution in [0.25, 0.3) is 11.2 Å². The van der Waals surface area contributed by atoms with Crippen molar-refractivity contribution in [2.24, 2.45) is 5.41 Å². The first-order valence-corrected chi connectivity index (χ1v) is 6.67. The summed E-state index contributed by atoms with van der Waals surface area (Å²) in [5.74, 6) is 0.353. The molecule has 2 aromatic heterocycles. The number of fused-ring (bicyclic) bond motifs is 1. The number of hydrogen-bond acceptors (Lipinski definition) is 4. The van der Waals surface area contributed by atoms with Crippen molar-refractivity contribution in [1.82, 2.24) is 15.0 Å². The lowest BCUT2D eigenvalue weighted by Crippen LogP contribution is -2.32. The lowest BCUT2D eigenvalue weighted by atomic mass is 9.79. The van der Waals surface area contributed by atoms with E-state index in [1.807, 2.05) is 19.9 Å². The van der Waals surface area contributed by atoms with E-state index >= 15 is 0 Å². The Balaban J connectivity index is 2.35. The van der Waals surface area contributed by atoms with E-state index in [4.69, 9.17) is 4.74 Å². The maximum atomic E-state index is 11.5. The molecule has 0 unspecified atom stereocenters. The minimum atomic E-state index is -0.784. The number of aromatic amines is 1. The zero-order valence-corrected chi connectivity index (χ0v) is 11.9. The predicted octanol–water partition coefficient (Wildman–Crippen LogP) is 2.40. The Bertz CT molecular complexity index is 617. The number of H-pyrrole nitrogens is 1. The number of carbonyl (C=O) groups is 1. The number of aromatic nitrogens is 3. The predicted molar refractivity (Wildman–Crippen MR) is 74.8 cm³/mol. The van der Waals surface area contributed by atoms with Crippen LogP contribution >= 0.6 is 0 Å². The average molecular weight is 277 g/mol. The molecule has 0 radical (unpaired) electrons. The Morgan fingerprint density at radius 2 is 2.05 bits per heavy atom. The van der Waals surface area contributed by atoms with Crippen LogP contribution in [0, 0.1) is 5.41 Å². The molecule has 2 aromatic rings. The number of ether oxygens (including phenoxy) is 1. The van der Waals surface area contributed by atoms with E-state index in [-0.39, 0.29) is 0 Å². The number of pyridine rings is 1. The van der Waals surface area contributed by atoms with E-state index in [2.05, 4.69) is 15.0 Å². The van der Waals surface area contributed by atoms with Crippen molar-refractivity contribution < 1.29 is 14.6 Å². The van der Waals surface area contributed by atoms with Crippen molar-refractivity contribution in [3.63, 3.8) is 0 Å². The first-order valence-electron chi connectivity index (χ1n) is 6.67. The molecule has 20 heavy (non-hydrogen) atoms. The quantitative estimate of drug-likeness (QED) is 0.846. The van der Waals surface area contributed by atoms with Crippen LogP contribution < -0.4 is 4.74 Å². The minimum absolute atomic E-state index is 0.369. The van der Waals surface area contributed by atoms with Gasteiger partial charge in [0.05, 0.1) is 18.0 Å². The first kappa shape index (κ1) is 14.3. The van der Waals surface area contributed by atoms with Gasteiger partial charge in [0.1, 0.15) is 5.82 Å². The fourth-order valence-electron chi connectivity index (χ4n) is 2.32. The molecule has 0 aliphatic carbocycles. The lowest BCUT2D eigenvalue weighted by Gasteiger charge is -2.25. The maximum Gasteiger partial charge on any atom is 0.310 e. The molecule has 0 fully saturated rings. The second-order valence-corrected chi connectivity index (χ2v) is 4.88. The second-order valence-electron chi connectivity index (χ2n) is 4.88. The molecule has 0 saturated carbocycles. The molecule has 108 valence electrons. The Morgan fingerprint density at radius 3 is 2.60 bits per heavy atom. The monoisotopic (exact) mass is 277 g/mol. The molecule has 0 bridgehead atoms. The molecule has 0 aromatic carbocycles. The summed E-state index contributed by atoms with van der Waals surface area (Å²) in [7, 11) is 1.55. The van der Waals surface area contributed by atoms with E-state index in [1.54, 1.807) is 13.2 Å². The maximum absolute atomic E-state index is 11.5. The number of nitrogens with zero attached hydrogens (tertiary/aromatic N) is 2. The van der Waals surface area contributed by atoms with Crippen LogP contribution in [0.5, 0.6) is 5.88 Å². The third-order valence-corrected chi connectivity index (χ3v) is 3.89. The third kappa shape index (κ3) is 2.45. The van der Waals surface area contributed by atoms with Gasteiger partial charge in [-0.15, -0.1) is 0 Å². The topological polar surface area (TPSA) is 88.1 Å². The fraction of sp³-hybridized carbons (Fsp3) is 0.500. The van der Waals surface area contributed by atoms with Crippen molar-refractivity contribution in [2.45, 2.75) is 33.1 Å². The van der Waals surface area contributed by atoms with E-state index in [9.17, 15) is 9.90 Å². The van der Waals surface area contributed by atoms with E-state index in [0.29, 0.717) is 36.6 Å². The van der Waals surface area contributed by atoms with Gasteiger partial charge in [0.2, 0.25) is 5.88 Å². The van der Waals surface area contributed by atoms with Gasteiger partial charge in [-0.3, -0.25) is 4.79 Å². The summed E-state index contributed by atoms with van der Waals surface area (Å²) >= 11 is 0. The molecule has 6 nitrogen and oxygen atoms in total. The average Bonchev–Trinajstić information content (AvgIpc) is 2.85. The number of hydrogen-bond donors (Lipinski definition) is 2. The summed E-state index contributed by atoms with van der Waals surface area (Å²) in [4.78, 5) is 23.3. The molecule has 0 spiro atoms. The van der Waals surface area contributed by atoms with Crippen LogP contribution in [-0.4, -0.2) is 33.1 Å². The van der Waals surface area contributed by atoms with Crippen molar-refractivity contribution in [1.29, 1.82) is 0 Å². The summed E-state index contributed by atoms with van der Waals surface area (Å²) in [6.45, 7) is 3.78. The largest absolute Gasteiger partial charge is 0.481 e. The molecule has 0 aliphatic rings. The number of carboxylic acid groups (broad SMARTS) is 1. The molecule has 2 rings (SSSR count). The molecule has 0 saturated heterocycles. The Hall–Kier alpha value is -2.11.